The van der Waals surface area contributed by atoms with Crippen LogP contribution in [0.1, 0.15) is 37.7 Å². The smallest absolute Gasteiger partial charge is 0.317 e. The number of amides is 2. The number of benzene rings is 1. The summed E-state index contributed by atoms with van der Waals surface area (Å²) < 4.78 is 0. The SMILES string of the molecule is N#Cc1ccccc1N1CCN(C(=O)NC2CCCCC2)CC1. The normalized spacial score (nSPS) is 19.3. The van der Waals surface area contributed by atoms with Crippen molar-refractivity contribution >= 4 is 11.7 Å². The largest absolute Gasteiger partial charge is 0.367 e. The fraction of sp³-hybridized carbons (Fsp3) is 0.556. The van der Waals surface area contributed by atoms with Crippen LogP contribution in [-0.4, -0.2) is 43.2 Å². The van der Waals surface area contributed by atoms with Gasteiger partial charge in [0.2, 0.25) is 0 Å². The highest BCUT2D eigenvalue weighted by molar-refractivity contribution is 5.75. The van der Waals surface area contributed by atoms with Crippen molar-refractivity contribution < 1.29 is 4.79 Å². The summed E-state index contributed by atoms with van der Waals surface area (Å²) in [5.74, 6) is 0. The van der Waals surface area contributed by atoms with Crippen molar-refractivity contribution in [3.8, 4) is 6.07 Å². The molecule has 5 heteroatoms. The van der Waals surface area contributed by atoms with Gasteiger partial charge in [0.15, 0.2) is 0 Å². The lowest BCUT2D eigenvalue weighted by Crippen LogP contribution is -2.53. The van der Waals surface area contributed by atoms with Crippen LogP contribution in [0.3, 0.4) is 0 Å². The third-order valence-electron chi connectivity index (χ3n) is 4.86. The standard InChI is InChI=1S/C18H24N4O/c19-14-15-6-4-5-9-17(15)21-10-12-22(13-11-21)18(23)20-16-7-2-1-3-8-16/h4-6,9,16H,1-3,7-8,10-13H2,(H,20,23). The number of hydrogen-bond acceptors (Lipinski definition) is 3. The van der Waals surface area contributed by atoms with E-state index in [0.29, 0.717) is 24.7 Å². The molecule has 1 N–H and O–H groups in total. The summed E-state index contributed by atoms with van der Waals surface area (Å²) in [6.45, 7) is 2.96. The Labute approximate surface area is 137 Å². The average molecular weight is 312 g/mol. The van der Waals surface area contributed by atoms with Gasteiger partial charge in [-0.2, -0.15) is 5.26 Å². The van der Waals surface area contributed by atoms with E-state index in [2.05, 4.69) is 16.3 Å². The molecule has 1 aliphatic heterocycles. The van der Waals surface area contributed by atoms with Crippen LogP contribution < -0.4 is 10.2 Å². The van der Waals surface area contributed by atoms with E-state index in [1.54, 1.807) is 0 Å². The van der Waals surface area contributed by atoms with Crippen molar-refractivity contribution in [3.05, 3.63) is 29.8 Å². The second-order valence-corrected chi connectivity index (χ2v) is 6.39. The van der Waals surface area contributed by atoms with Gasteiger partial charge in [-0.1, -0.05) is 31.4 Å². The Bertz CT molecular complexity index is 581. The zero-order valence-corrected chi connectivity index (χ0v) is 13.5. The van der Waals surface area contributed by atoms with Gasteiger partial charge in [0.1, 0.15) is 6.07 Å². The van der Waals surface area contributed by atoms with Gasteiger partial charge in [0.25, 0.3) is 0 Å². The van der Waals surface area contributed by atoms with Crippen molar-refractivity contribution in [1.82, 2.24) is 10.2 Å². The van der Waals surface area contributed by atoms with Gasteiger partial charge in [-0.3, -0.25) is 0 Å². The van der Waals surface area contributed by atoms with E-state index in [4.69, 9.17) is 0 Å². The van der Waals surface area contributed by atoms with Crippen LogP contribution in [-0.2, 0) is 0 Å². The topological polar surface area (TPSA) is 59.4 Å². The quantitative estimate of drug-likeness (QED) is 0.913. The molecule has 122 valence electrons. The zero-order chi connectivity index (χ0) is 16.1. The van der Waals surface area contributed by atoms with Crippen LogP contribution in [0.4, 0.5) is 10.5 Å². The molecule has 1 aliphatic carbocycles. The summed E-state index contributed by atoms with van der Waals surface area (Å²) in [4.78, 5) is 16.5. The number of carbonyl (C=O) groups is 1. The molecule has 0 bridgehead atoms. The third kappa shape index (κ3) is 3.76. The first-order valence-corrected chi connectivity index (χ1v) is 8.57. The van der Waals surface area contributed by atoms with Gasteiger partial charge in [-0.25, -0.2) is 4.79 Å². The number of hydrogen-bond donors (Lipinski definition) is 1. The Morgan fingerprint density at radius 3 is 2.48 bits per heavy atom. The summed E-state index contributed by atoms with van der Waals surface area (Å²) >= 11 is 0. The fourth-order valence-electron chi connectivity index (χ4n) is 3.51. The van der Waals surface area contributed by atoms with E-state index in [1.165, 1.54) is 19.3 Å². The summed E-state index contributed by atoms with van der Waals surface area (Å²) in [6.07, 6.45) is 5.97. The summed E-state index contributed by atoms with van der Waals surface area (Å²) in [7, 11) is 0. The molecule has 0 unspecified atom stereocenters. The van der Waals surface area contributed by atoms with Gasteiger partial charge in [-0.15, -0.1) is 0 Å². The molecule has 1 heterocycles. The fourth-order valence-corrected chi connectivity index (χ4v) is 3.51. The molecular weight excluding hydrogens is 288 g/mol. The van der Waals surface area contributed by atoms with Crippen LogP contribution in [0.2, 0.25) is 0 Å². The number of rotatable bonds is 2. The molecule has 1 saturated heterocycles. The molecule has 23 heavy (non-hydrogen) atoms. The molecule has 0 spiro atoms. The Balaban J connectivity index is 1.53. The van der Waals surface area contributed by atoms with Crippen molar-refractivity contribution in [2.75, 3.05) is 31.1 Å². The number of anilines is 1. The molecule has 1 aromatic rings. The highest BCUT2D eigenvalue weighted by atomic mass is 16.2. The molecule has 5 nitrogen and oxygen atoms in total. The van der Waals surface area contributed by atoms with E-state index < -0.39 is 0 Å². The summed E-state index contributed by atoms with van der Waals surface area (Å²) in [5.41, 5.74) is 1.68. The lowest BCUT2D eigenvalue weighted by molar-refractivity contribution is 0.186. The average Bonchev–Trinajstić information content (AvgIpc) is 2.62. The van der Waals surface area contributed by atoms with Crippen LogP contribution >= 0.6 is 0 Å². The molecular formula is C18H24N4O. The highest BCUT2D eigenvalue weighted by Gasteiger charge is 2.24. The molecule has 1 saturated carbocycles. The first kappa shape index (κ1) is 15.7. The molecule has 2 fully saturated rings. The lowest BCUT2D eigenvalue weighted by atomic mass is 9.96. The number of nitrogens with zero attached hydrogens (tertiary/aromatic N) is 3. The number of para-hydroxylation sites is 1. The van der Waals surface area contributed by atoms with Gasteiger partial charge in [-0.05, 0) is 25.0 Å². The maximum absolute atomic E-state index is 12.4. The van der Waals surface area contributed by atoms with Crippen molar-refractivity contribution in [2.24, 2.45) is 0 Å². The third-order valence-corrected chi connectivity index (χ3v) is 4.86. The maximum Gasteiger partial charge on any atom is 0.317 e. The zero-order valence-electron chi connectivity index (χ0n) is 13.5. The Morgan fingerprint density at radius 1 is 1.09 bits per heavy atom. The number of piperazine rings is 1. The minimum atomic E-state index is 0.0742. The number of urea groups is 1. The molecule has 0 atom stereocenters. The van der Waals surface area contributed by atoms with E-state index in [9.17, 15) is 10.1 Å². The predicted octanol–water partition coefficient (Wildman–Crippen LogP) is 2.72. The van der Waals surface area contributed by atoms with Crippen LogP contribution in [0.25, 0.3) is 0 Å². The number of carbonyl (C=O) groups excluding carboxylic acids is 1. The van der Waals surface area contributed by atoms with Crippen molar-refractivity contribution in [3.63, 3.8) is 0 Å². The minimum absolute atomic E-state index is 0.0742. The van der Waals surface area contributed by atoms with Crippen LogP contribution in [0.5, 0.6) is 0 Å². The molecule has 0 aromatic heterocycles. The number of nitrogens with one attached hydrogen (secondary N) is 1. The van der Waals surface area contributed by atoms with Crippen molar-refractivity contribution in [2.45, 2.75) is 38.1 Å². The second kappa shape index (κ2) is 7.36. The molecule has 1 aromatic carbocycles. The van der Waals surface area contributed by atoms with Crippen LogP contribution in [0, 0.1) is 11.3 Å². The lowest BCUT2D eigenvalue weighted by Gasteiger charge is -2.37. The summed E-state index contributed by atoms with van der Waals surface area (Å²) in [6, 6.07) is 10.3. The predicted molar refractivity (Wildman–Crippen MR) is 90.3 cm³/mol. The van der Waals surface area contributed by atoms with Gasteiger partial charge in [0.05, 0.1) is 11.3 Å². The van der Waals surface area contributed by atoms with E-state index in [-0.39, 0.29) is 6.03 Å². The molecule has 2 aliphatic rings. The van der Waals surface area contributed by atoms with Gasteiger partial charge >= 0.3 is 6.03 Å². The van der Waals surface area contributed by atoms with Gasteiger partial charge < -0.3 is 15.1 Å². The van der Waals surface area contributed by atoms with E-state index >= 15 is 0 Å². The summed E-state index contributed by atoms with van der Waals surface area (Å²) in [5, 5.41) is 12.4. The number of nitriles is 1. The second-order valence-electron chi connectivity index (χ2n) is 6.39. The van der Waals surface area contributed by atoms with E-state index in [0.717, 1.165) is 31.6 Å². The van der Waals surface area contributed by atoms with Crippen molar-refractivity contribution in [1.29, 1.82) is 5.26 Å². The molecule has 0 radical (unpaired) electrons. The molecule has 2 amide bonds. The Kier molecular flexibility index (Phi) is 5.02. The Morgan fingerprint density at radius 2 is 1.78 bits per heavy atom. The molecule has 3 rings (SSSR count). The highest BCUT2D eigenvalue weighted by Crippen LogP contribution is 2.21. The monoisotopic (exact) mass is 312 g/mol. The van der Waals surface area contributed by atoms with Gasteiger partial charge in [0, 0.05) is 32.2 Å². The maximum atomic E-state index is 12.4. The first-order chi connectivity index (χ1) is 11.3. The van der Waals surface area contributed by atoms with Crippen LogP contribution in [0.15, 0.2) is 24.3 Å². The Hall–Kier alpha value is -2.22. The van der Waals surface area contributed by atoms with E-state index in [1.807, 2.05) is 29.2 Å². The first-order valence-electron chi connectivity index (χ1n) is 8.57. The minimum Gasteiger partial charge on any atom is -0.367 e.